The molecular formula is C21H17BrN2O2S. The molecule has 0 spiro atoms. The molecule has 1 heterocycles. The van der Waals surface area contributed by atoms with Gasteiger partial charge in [0.2, 0.25) is 0 Å². The lowest BCUT2D eigenvalue weighted by atomic mass is 10.1. The quantitative estimate of drug-likeness (QED) is 0.500. The first kappa shape index (κ1) is 19.2. The van der Waals surface area contributed by atoms with E-state index in [1.165, 1.54) is 24.0 Å². The second-order valence-electron chi connectivity index (χ2n) is 5.81. The van der Waals surface area contributed by atoms with Gasteiger partial charge in [-0.25, -0.2) is 4.98 Å². The summed E-state index contributed by atoms with van der Waals surface area (Å²) in [5.74, 6) is 0.365. The summed E-state index contributed by atoms with van der Waals surface area (Å²) < 4.78 is 5.66. The van der Waals surface area contributed by atoms with Crippen molar-refractivity contribution in [1.82, 2.24) is 4.98 Å². The molecule has 0 aliphatic carbocycles. The van der Waals surface area contributed by atoms with E-state index in [0.29, 0.717) is 20.8 Å². The third-order valence-electron chi connectivity index (χ3n) is 4.09. The topological polar surface area (TPSA) is 66.1 Å². The van der Waals surface area contributed by atoms with Gasteiger partial charge in [0.05, 0.1) is 22.8 Å². The molecule has 0 atom stereocenters. The third kappa shape index (κ3) is 4.21. The Balaban J connectivity index is 1.95. The van der Waals surface area contributed by atoms with Crippen LogP contribution in [0.4, 0.5) is 0 Å². The Morgan fingerprint density at radius 2 is 2.07 bits per heavy atom. The van der Waals surface area contributed by atoms with Gasteiger partial charge in [0.25, 0.3) is 0 Å². The van der Waals surface area contributed by atoms with Crippen LogP contribution in [0.5, 0.6) is 11.5 Å². The number of aromatic hydroxyl groups is 1. The number of ether oxygens (including phenoxy) is 1. The zero-order valence-electron chi connectivity index (χ0n) is 14.9. The molecule has 0 bridgehead atoms. The number of aromatic nitrogens is 1. The Morgan fingerprint density at radius 1 is 1.33 bits per heavy atom. The zero-order chi connectivity index (χ0) is 19.4. The molecule has 0 saturated heterocycles. The lowest BCUT2D eigenvalue weighted by molar-refractivity contribution is 0.372. The molecular weight excluding hydrogens is 424 g/mol. The molecule has 0 aliphatic heterocycles. The number of hydrogen-bond acceptors (Lipinski definition) is 5. The molecule has 3 rings (SSSR count). The van der Waals surface area contributed by atoms with Gasteiger partial charge in [-0.15, -0.1) is 11.3 Å². The fourth-order valence-electron chi connectivity index (χ4n) is 2.58. The minimum absolute atomic E-state index is 0.0280. The number of rotatable bonds is 5. The van der Waals surface area contributed by atoms with Gasteiger partial charge in [-0.2, -0.15) is 5.26 Å². The zero-order valence-corrected chi connectivity index (χ0v) is 17.3. The lowest BCUT2D eigenvalue weighted by Crippen LogP contribution is -1.87. The second kappa shape index (κ2) is 8.38. The number of benzene rings is 2. The number of phenolic OH excluding ortho intramolecular Hbond substituents is 1. The van der Waals surface area contributed by atoms with E-state index < -0.39 is 0 Å². The molecule has 0 unspecified atom stereocenters. The van der Waals surface area contributed by atoms with E-state index in [-0.39, 0.29) is 5.75 Å². The molecule has 1 N–H and O–H groups in total. The number of allylic oxidation sites excluding steroid dienone is 1. The van der Waals surface area contributed by atoms with Crippen molar-refractivity contribution in [3.63, 3.8) is 0 Å². The monoisotopic (exact) mass is 440 g/mol. The van der Waals surface area contributed by atoms with E-state index in [1.54, 1.807) is 18.2 Å². The number of thiazole rings is 1. The first-order valence-electron chi connectivity index (χ1n) is 8.29. The summed E-state index contributed by atoms with van der Waals surface area (Å²) in [6.07, 6.45) is 2.73. The predicted octanol–water partition coefficient (Wildman–Crippen LogP) is 5.91. The minimum Gasteiger partial charge on any atom is -0.503 e. The number of nitriles is 1. The highest BCUT2D eigenvalue weighted by Crippen LogP contribution is 2.36. The van der Waals surface area contributed by atoms with Crippen LogP contribution in [0.2, 0.25) is 0 Å². The minimum atomic E-state index is 0.0280. The summed E-state index contributed by atoms with van der Waals surface area (Å²) in [6, 6.07) is 13.9. The van der Waals surface area contributed by atoms with Crippen LogP contribution < -0.4 is 4.74 Å². The van der Waals surface area contributed by atoms with Crippen molar-refractivity contribution in [2.24, 2.45) is 0 Å². The van der Waals surface area contributed by atoms with Crippen molar-refractivity contribution in [2.45, 2.75) is 13.3 Å². The van der Waals surface area contributed by atoms with Gasteiger partial charge < -0.3 is 9.84 Å². The fourth-order valence-corrected chi connectivity index (χ4v) is 3.84. The molecule has 6 heteroatoms. The molecule has 0 radical (unpaired) electrons. The van der Waals surface area contributed by atoms with Crippen LogP contribution in [-0.4, -0.2) is 17.2 Å². The van der Waals surface area contributed by atoms with Crippen molar-refractivity contribution in [1.29, 1.82) is 5.26 Å². The molecule has 0 saturated carbocycles. The van der Waals surface area contributed by atoms with Gasteiger partial charge in [0.15, 0.2) is 11.5 Å². The first-order chi connectivity index (χ1) is 13.0. The molecule has 2 aromatic carbocycles. The highest BCUT2D eigenvalue weighted by Gasteiger charge is 2.12. The molecule has 0 aliphatic rings. The van der Waals surface area contributed by atoms with E-state index in [4.69, 9.17) is 4.74 Å². The average Bonchev–Trinajstić information content (AvgIpc) is 3.18. The van der Waals surface area contributed by atoms with Crippen molar-refractivity contribution < 1.29 is 9.84 Å². The smallest absolute Gasteiger partial charge is 0.172 e. The largest absolute Gasteiger partial charge is 0.503 e. The Hall–Kier alpha value is -2.62. The van der Waals surface area contributed by atoms with Crippen LogP contribution in [0, 0.1) is 11.3 Å². The van der Waals surface area contributed by atoms with Gasteiger partial charge in [-0.3, -0.25) is 0 Å². The van der Waals surface area contributed by atoms with Crippen molar-refractivity contribution >= 4 is 38.9 Å². The first-order valence-corrected chi connectivity index (χ1v) is 9.96. The van der Waals surface area contributed by atoms with Gasteiger partial charge in [0.1, 0.15) is 11.1 Å². The summed E-state index contributed by atoms with van der Waals surface area (Å²) in [6.45, 7) is 2.12. The van der Waals surface area contributed by atoms with Gasteiger partial charge >= 0.3 is 0 Å². The van der Waals surface area contributed by atoms with Crippen molar-refractivity contribution in [3.05, 3.63) is 62.4 Å². The molecule has 1 aromatic heterocycles. The summed E-state index contributed by atoms with van der Waals surface area (Å²) in [5.41, 5.74) is 4.34. The summed E-state index contributed by atoms with van der Waals surface area (Å²) >= 11 is 4.73. The molecule has 0 fully saturated rings. The van der Waals surface area contributed by atoms with Crippen LogP contribution in [-0.2, 0) is 6.42 Å². The average molecular weight is 441 g/mol. The molecule has 136 valence electrons. The maximum absolute atomic E-state index is 9.93. The van der Waals surface area contributed by atoms with Crippen LogP contribution in [0.25, 0.3) is 22.9 Å². The van der Waals surface area contributed by atoms with Crippen LogP contribution in [0.15, 0.2) is 46.3 Å². The van der Waals surface area contributed by atoms with E-state index in [0.717, 1.165) is 23.2 Å². The highest BCUT2D eigenvalue weighted by atomic mass is 79.9. The SMILES string of the molecule is CCc1ccc(-c2csc(/C(C#N)=C\c3cc(Br)c(O)c(OC)c3)n2)cc1. The Bertz CT molecular complexity index is 1030. The second-order valence-corrected chi connectivity index (χ2v) is 7.52. The summed E-state index contributed by atoms with van der Waals surface area (Å²) in [5, 5.41) is 22.1. The molecule has 4 nitrogen and oxygen atoms in total. The van der Waals surface area contributed by atoms with Gasteiger partial charge in [-0.1, -0.05) is 31.2 Å². The highest BCUT2D eigenvalue weighted by molar-refractivity contribution is 9.10. The number of methoxy groups -OCH3 is 1. The van der Waals surface area contributed by atoms with Crippen molar-refractivity contribution in [3.8, 4) is 28.8 Å². The van der Waals surface area contributed by atoms with E-state index in [9.17, 15) is 10.4 Å². The molecule has 0 amide bonds. The standard InChI is InChI=1S/C21H17BrN2O2S/c1-3-13-4-6-15(7-5-13)18-12-27-21(24-18)16(11-23)8-14-9-17(22)20(25)19(10-14)26-2/h4-10,12,25H,3H2,1-2H3/b16-8-. The summed E-state index contributed by atoms with van der Waals surface area (Å²) in [7, 11) is 1.48. The van der Waals surface area contributed by atoms with E-state index >= 15 is 0 Å². The van der Waals surface area contributed by atoms with E-state index in [1.807, 2.05) is 5.38 Å². The van der Waals surface area contributed by atoms with Gasteiger partial charge in [-0.05, 0) is 51.7 Å². The van der Waals surface area contributed by atoms with Crippen LogP contribution in [0.1, 0.15) is 23.1 Å². The number of nitrogens with zero attached hydrogens (tertiary/aromatic N) is 2. The maximum atomic E-state index is 9.93. The number of aryl methyl sites for hydroxylation is 1. The number of hydrogen-bond donors (Lipinski definition) is 1. The van der Waals surface area contributed by atoms with Gasteiger partial charge in [0, 0.05) is 10.9 Å². The predicted molar refractivity (Wildman–Crippen MR) is 113 cm³/mol. The third-order valence-corrected chi connectivity index (χ3v) is 5.57. The molecule has 27 heavy (non-hydrogen) atoms. The Morgan fingerprint density at radius 3 is 2.70 bits per heavy atom. The number of halogens is 1. The van der Waals surface area contributed by atoms with E-state index in [2.05, 4.69) is 58.2 Å². The number of phenols is 1. The Labute approximate surface area is 170 Å². The Kier molecular flexibility index (Phi) is 5.94. The normalized spacial score (nSPS) is 11.3. The summed E-state index contributed by atoms with van der Waals surface area (Å²) in [4.78, 5) is 4.62. The maximum Gasteiger partial charge on any atom is 0.172 e. The lowest BCUT2D eigenvalue weighted by Gasteiger charge is -2.06. The molecule has 3 aromatic rings. The van der Waals surface area contributed by atoms with Crippen molar-refractivity contribution in [2.75, 3.05) is 7.11 Å². The van der Waals surface area contributed by atoms with Crippen LogP contribution >= 0.6 is 27.3 Å². The van der Waals surface area contributed by atoms with Crippen LogP contribution in [0.3, 0.4) is 0 Å². The fraction of sp³-hybridized carbons (Fsp3) is 0.143.